The van der Waals surface area contributed by atoms with Gasteiger partial charge in [-0.3, -0.25) is 0 Å². The summed E-state index contributed by atoms with van der Waals surface area (Å²) >= 11 is 0. The largest absolute Gasteiger partial charge is 0.317 e. The van der Waals surface area contributed by atoms with E-state index < -0.39 is 0 Å². The molecule has 5 rings (SSSR count). The number of nitrogens with zero attached hydrogens (tertiary/aromatic N) is 3. The third kappa shape index (κ3) is 3.92. The van der Waals surface area contributed by atoms with Crippen molar-refractivity contribution in [2.75, 3.05) is 26.2 Å². The van der Waals surface area contributed by atoms with Crippen LogP contribution in [0.25, 0.3) is 22.8 Å². The Labute approximate surface area is 178 Å². The molecule has 0 atom stereocenters. The fourth-order valence-corrected chi connectivity index (χ4v) is 4.95. The van der Waals surface area contributed by atoms with E-state index in [1.807, 2.05) is 0 Å². The van der Waals surface area contributed by atoms with Gasteiger partial charge in [0, 0.05) is 18.2 Å². The van der Waals surface area contributed by atoms with Crippen LogP contribution < -0.4 is 10.6 Å². The van der Waals surface area contributed by atoms with E-state index in [1.165, 1.54) is 36.8 Å². The van der Waals surface area contributed by atoms with Crippen LogP contribution >= 0.6 is 0 Å². The minimum Gasteiger partial charge on any atom is -0.317 e. The summed E-state index contributed by atoms with van der Waals surface area (Å²) in [5.74, 6) is 3.19. The molecule has 0 bridgehead atoms. The number of nitrogens with one attached hydrogen (secondary N) is 2. The normalized spacial score (nSPS) is 18.6. The SMILES string of the molecule is Cn1c(-c2ccc(C3CCNCC3)cc2)nnc1-c1ccc(C2CCNCC2)cc1. The van der Waals surface area contributed by atoms with Crippen molar-refractivity contribution in [3.63, 3.8) is 0 Å². The van der Waals surface area contributed by atoms with E-state index in [1.54, 1.807) is 0 Å². The molecule has 3 aromatic rings. The van der Waals surface area contributed by atoms with Gasteiger partial charge < -0.3 is 15.2 Å². The standard InChI is InChI=1S/C25H31N5/c1-30-24(22-6-2-18(3-7-22)20-10-14-26-15-11-20)28-29-25(30)23-8-4-19(5-9-23)21-12-16-27-17-13-21/h2-9,20-21,26-27H,10-17H2,1H3. The van der Waals surface area contributed by atoms with E-state index in [0.717, 1.165) is 49.0 Å². The summed E-state index contributed by atoms with van der Waals surface area (Å²) in [6, 6.07) is 17.9. The van der Waals surface area contributed by atoms with Gasteiger partial charge in [0.15, 0.2) is 11.6 Å². The Balaban J connectivity index is 1.34. The maximum atomic E-state index is 4.51. The molecule has 0 saturated carbocycles. The predicted octanol–water partition coefficient (Wildman–Crippen LogP) is 4.08. The molecular formula is C25H31N5. The molecule has 2 N–H and O–H groups in total. The van der Waals surface area contributed by atoms with Crippen molar-refractivity contribution in [1.29, 1.82) is 0 Å². The lowest BCUT2D eigenvalue weighted by Crippen LogP contribution is -2.26. The lowest BCUT2D eigenvalue weighted by Gasteiger charge is -2.23. The van der Waals surface area contributed by atoms with Crippen molar-refractivity contribution >= 4 is 0 Å². The van der Waals surface area contributed by atoms with Crippen molar-refractivity contribution in [1.82, 2.24) is 25.4 Å². The van der Waals surface area contributed by atoms with Gasteiger partial charge in [0.2, 0.25) is 0 Å². The molecule has 0 amide bonds. The lowest BCUT2D eigenvalue weighted by atomic mass is 9.90. The molecule has 2 aliphatic rings. The summed E-state index contributed by atoms with van der Waals surface area (Å²) in [6.45, 7) is 4.48. The Morgan fingerprint density at radius 2 is 1.00 bits per heavy atom. The monoisotopic (exact) mass is 401 g/mol. The number of piperidine rings is 2. The molecule has 3 heterocycles. The van der Waals surface area contributed by atoms with Crippen LogP contribution in [0, 0.1) is 0 Å². The summed E-state index contributed by atoms with van der Waals surface area (Å²) in [7, 11) is 2.06. The minimum absolute atomic E-state index is 0.675. The fraction of sp³-hybridized carbons (Fsp3) is 0.440. The first-order valence-electron chi connectivity index (χ1n) is 11.3. The van der Waals surface area contributed by atoms with Gasteiger partial charge in [-0.15, -0.1) is 10.2 Å². The molecule has 5 nitrogen and oxygen atoms in total. The van der Waals surface area contributed by atoms with Crippen LogP contribution in [0.4, 0.5) is 0 Å². The van der Waals surface area contributed by atoms with Crippen LogP contribution in [0.1, 0.15) is 48.6 Å². The molecule has 156 valence electrons. The highest BCUT2D eigenvalue weighted by Crippen LogP contribution is 2.30. The zero-order chi connectivity index (χ0) is 20.3. The van der Waals surface area contributed by atoms with Crippen LogP contribution in [0.5, 0.6) is 0 Å². The summed E-state index contributed by atoms with van der Waals surface area (Å²) < 4.78 is 2.11. The van der Waals surface area contributed by atoms with Crippen molar-refractivity contribution in [2.24, 2.45) is 7.05 Å². The molecule has 0 spiro atoms. The number of hydrogen-bond acceptors (Lipinski definition) is 4. The number of aromatic nitrogens is 3. The first-order chi connectivity index (χ1) is 14.8. The van der Waals surface area contributed by atoms with Crippen molar-refractivity contribution in [3.8, 4) is 22.8 Å². The molecule has 0 aliphatic carbocycles. The van der Waals surface area contributed by atoms with E-state index in [4.69, 9.17) is 0 Å². The minimum atomic E-state index is 0.675. The van der Waals surface area contributed by atoms with Crippen LogP contribution in [-0.2, 0) is 7.05 Å². The summed E-state index contributed by atoms with van der Waals surface area (Å²) in [6.07, 6.45) is 4.89. The molecule has 30 heavy (non-hydrogen) atoms. The van der Waals surface area contributed by atoms with Gasteiger partial charge in [-0.05, 0) is 74.8 Å². The third-order valence-corrected chi connectivity index (χ3v) is 6.83. The fourth-order valence-electron chi connectivity index (χ4n) is 4.95. The zero-order valence-corrected chi connectivity index (χ0v) is 17.8. The molecule has 2 aromatic carbocycles. The van der Waals surface area contributed by atoms with Gasteiger partial charge in [0.25, 0.3) is 0 Å². The highest BCUT2D eigenvalue weighted by Gasteiger charge is 2.18. The Bertz CT molecular complexity index is 883. The van der Waals surface area contributed by atoms with Gasteiger partial charge in [-0.1, -0.05) is 48.5 Å². The number of hydrogen-bond donors (Lipinski definition) is 2. The van der Waals surface area contributed by atoms with Gasteiger partial charge in [0.05, 0.1) is 0 Å². The second kappa shape index (κ2) is 8.70. The lowest BCUT2D eigenvalue weighted by molar-refractivity contribution is 0.460. The van der Waals surface area contributed by atoms with Gasteiger partial charge >= 0.3 is 0 Å². The number of rotatable bonds is 4. The Hall–Kier alpha value is -2.50. The maximum Gasteiger partial charge on any atom is 0.163 e. The Morgan fingerprint density at radius 1 is 0.633 bits per heavy atom. The van der Waals surface area contributed by atoms with Crippen LogP contribution in [0.2, 0.25) is 0 Å². The molecule has 1 aromatic heterocycles. The topological polar surface area (TPSA) is 54.8 Å². The van der Waals surface area contributed by atoms with E-state index in [2.05, 4.69) is 81.0 Å². The van der Waals surface area contributed by atoms with E-state index >= 15 is 0 Å². The second-order valence-corrected chi connectivity index (χ2v) is 8.70. The van der Waals surface area contributed by atoms with Crippen molar-refractivity contribution in [2.45, 2.75) is 37.5 Å². The van der Waals surface area contributed by atoms with E-state index in [9.17, 15) is 0 Å². The highest BCUT2D eigenvalue weighted by atomic mass is 15.3. The van der Waals surface area contributed by atoms with E-state index in [0.29, 0.717) is 11.8 Å². The number of benzene rings is 2. The summed E-state index contributed by atoms with van der Waals surface area (Å²) in [4.78, 5) is 0. The van der Waals surface area contributed by atoms with E-state index in [-0.39, 0.29) is 0 Å². The summed E-state index contributed by atoms with van der Waals surface area (Å²) in [5.41, 5.74) is 5.13. The zero-order valence-electron chi connectivity index (χ0n) is 17.8. The average Bonchev–Trinajstić information content (AvgIpc) is 3.22. The molecule has 2 aliphatic heterocycles. The molecule has 0 radical (unpaired) electrons. The van der Waals surface area contributed by atoms with Crippen molar-refractivity contribution in [3.05, 3.63) is 59.7 Å². The Kier molecular flexibility index (Phi) is 5.65. The van der Waals surface area contributed by atoms with Crippen molar-refractivity contribution < 1.29 is 0 Å². The summed E-state index contributed by atoms with van der Waals surface area (Å²) in [5, 5.41) is 15.9. The molecule has 2 fully saturated rings. The molecule has 5 heteroatoms. The Morgan fingerprint density at radius 3 is 1.37 bits per heavy atom. The quantitative estimate of drug-likeness (QED) is 0.692. The van der Waals surface area contributed by atoms with Crippen LogP contribution in [0.15, 0.2) is 48.5 Å². The van der Waals surface area contributed by atoms with Gasteiger partial charge in [0.1, 0.15) is 0 Å². The highest BCUT2D eigenvalue weighted by molar-refractivity contribution is 5.63. The van der Waals surface area contributed by atoms with Crippen LogP contribution in [0.3, 0.4) is 0 Å². The first-order valence-corrected chi connectivity index (χ1v) is 11.3. The smallest absolute Gasteiger partial charge is 0.163 e. The maximum absolute atomic E-state index is 4.51. The molecule has 2 saturated heterocycles. The second-order valence-electron chi connectivity index (χ2n) is 8.70. The third-order valence-electron chi connectivity index (χ3n) is 6.83. The first kappa shape index (κ1) is 19.5. The van der Waals surface area contributed by atoms with Crippen LogP contribution in [-0.4, -0.2) is 40.9 Å². The predicted molar refractivity (Wildman–Crippen MR) is 122 cm³/mol. The van der Waals surface area contributed by atoms with Gasteiger partial charge in [-0.25, -0.2) is 0 Å². The average molecular weight is 402 g/mol. The molecular weight excluding hydrogens is 370 g/mol. The van der Waals surface area contributed by atoms with Gasteiger partial charge in [-0.2, -0.15) is 0 Å². The molecule has 0 unspecified atom stereocenters.